The van der Waals surface area contributed by atoms with Crippen molar-refractivity contribution >= 4 is 12.9 Å². The lowest BCUT2D eigenvalue weighted by molar-refractivity contribution is -0.124. The zero-order valence-electron chi connectivity index (χ0n) is 5.10. The lowest BCUT2D eigenvalue weighted by Gasteiger charge is -1.80. The molecule has 10 heavy (non-hydrogen) atoms. The summed E-state index contributed by atoms with van der Waals surface area (Å²) in [6.45, 7) is 0.565. The van der Waals surface area contributed by atoms with E-state index in [0.29, 0.717) is 0 Å². The topological polar surface area (TPSA) is 52.6 Å². The van der Waals surface area contributed by atoms with Crippen molar-refractivity contribution in [3.05, 3.63) is 24.7 Å². The van der Waals surface area contributed by atoms with E-state index >= 15 is 0 Å². The number of ether oxygens (including phenoxy) is 2. The summed E-state index contributed by atoms with van der Waals surface area (Å²) in [5, 5.41) is 0. The first kappa shape index (κ1) is 8.42. The first-order valence-corrected chi connectivity index (χ1v) is 2.41. The van der Waals surface area contributed by atoms with E-state index in [9.17, 15) is 9.59 Å². The molecule has 0 saturated carbocycles. The molecule has 0 aromatic carbocycles. The number of carbonyl (C=O) groups excluding carboxylic acids is 2. The van der Waals surface area contributed by atoms with Crippen LogP contribution in [0.2, 0.25) is 0 Å². The van der Waals surface area contributed by atoms with Crippen LogP contribution in [-0.2, 0) is 19.1 Å². The van der Waals surface area contributed by atoms with Crippen molar-refractivity contribution in [2.24, 2.45) is 0 Å². The Morgan fingerprint density at radius 2 is 1.20 bits per heavy atom. The molecule has 4 nitrogen and oxygen atoms in total. The number of allylic oxidation sites excluding steroid dienone is 2. The van der Waals surface area contributed by atoms with Crippen LogP contribution in [0.5, 0.6) is 0 Å². The highest BCUT2D eigenvalue weighted by Crippen LogP contribution is 1.77. The summed E-state index contributed by atoms with van der Waals surface area (Å²) >= 11 is 0. The van der Waals surface area contributed by atoms with E-state index in [2.05, 4.69) is 9.47 Å². The van der Waals surface area contributed by atoms with Crippen molar-refractivity contribution in [1.82, 2.24) is 0 Å². The molecular weight excluding hydrogens is 136 g/mol. The van der Waals surface area contributed by atoms with E-state index in [1.165, 1.54) is 12.2 Å². The number of rotatable bonds is 5. The van der Waals surface area contributed by atoms with E-state index in [1.807, 2.05) is 0 Å². The highest BCUT2D eigenvalue weighted by atomic mass is 16.5. The summed E-state index contributed by atoms with van der Waals surface area (Å²) in [5.41, 5.74) is 0. The van der Waals surface area contributed by atoms with Gasteiger partial charge in [0.2, 0.25) is 0 Å². The van der Waals surface area contributed by atoms with Gasteiger partial charge in [-0.15, -0.1) is 0 Å². The fraction of sp³-hybridized carbons (Fsp3) is 0. The second-order valence-electron chi connectivity index (χ2n) is 1.12. The maximum Gasteiger partial charge on any atom is 0.297 e. The van der Waals surface area contributed by atoms with Gasteiger partial charge in [0.15, 0.2) is 0 Å². The van der Waals surface area contributed by atoms with Gasteiger partial charge in [0.25, 0.3) is 12.9 Å². The predicted octanol–water partition coefficient (Wildman–Crippen LogP) is 0.360. The van der Waals surface area contributed by atoms with Crippen LogP contribution in [0, 0.1) is 0 Å². The molecule has 0 aromatic rings. The summed E-state index contributed by atoms with van der Waals surface area (Å²) in [6.07, 6.45) is 5.10. The molecule has 0 fully saturated rings. The van der Waals surface area contributed by atoms with Crippen LogP contribution in [0.1, 0.15) is 0 Å². The molecule has 0 aliphatic carbocycles. The molecule has 0 spiro atoms. The molecule has 54 valence electrons. The van der Waals surface area contributed by atoms with Crippen LogP contribution in [0.25, 0.3) is 0 Å². The molecular formula is C6H6O4. The lowest BCUT2D eigenvalue weighted by atomic mass is 10.6. The molecule has 0 aliphatic rings. The van der Waals surface area contributed by atoms with Crippen LogP contribution < -0.4 is 0 Å². The van der Waals surface area contributed by atoms with E-state index in [4.69, 9.17) is 0 Å². The SMILES string of the molecule is O=CO/C=C\C=C/OC=O. The average molecular weight is 142 g/mol. The molecule has 0 rings (SSSR count). The minimum atomic E-state index is 0.283. The van der Waals surface area contributed by atoms with E-state index < -0.39 is 0 Å². The maximum absolute atomic E-state index is 9.51. The van der Waals surface area contributed by atoms with Crippen molar-refractivity contribution in [3.63, 3.8) is 0 Å². The van der Waals surface area contributed by atoms with Crippen LogP contribution in [0.15, 0.2) is 24.7 Å². The molecule has 0 N–H and O–H groups in total. The molecule has 0 bridgehead atoms. The first-order chi connectivity index (χ1) is 4.91. The summed E-state index contributed by atoms with van der Waals surface area (Å²) in [7, 11) is 0. The molecule has 0 heterocycles. The first-order valence-electron chi connectivity index (χ1n) is 2.41. The third kappa shape index (κ3) is 6.42. The Labute approximate surface area is 57.7 Å². The monoisotopic (exact) mass is 142 g/mol. The minimum Gasteiger partial charge on any atom is -0.437 e. The summed E-state index contributed by atoms with van der Waals surface area (Å²) in [6, 6.07) is 0. The lowest BCUT2D eigenvalue weighted by Crippen LogP contribution is -1.72. The van der Waals surface area contributed by atoms with Gasteiger partial charge in [0, 0.05) is 0 Å². The van der Waals surface area contributed by atoms with Gasteiger partial charge in [-0.3, -0.25) is 9.59 Å². The predicted molar refractivity (Wildman–Crippen MR) is 32.6 cm³/mol. The van der Waals surface area contributed by atoms with Gasteiger partial charge in [-0.1, -0.05) is 0 Å². The highest BCUT2D eigenvalue weighted by Gasteiger charge is 1.67. The Balaban J connectivity index is 3.31. The van der Waals surface area contributed by atoms with E-state index in [-0.39, 0.29) is 12.9 Å². The molecule has 0 atom stereocenters. The molecule has 0 unspecified atom stereocenters. The van der Waals surface area contributed by atoms with Gasteiger partial charge < -0.3 is 9.47 Å². The van der Waals surface area contributed by atoms with Crippen molar-refractivity contribution in [3.8, 4) is 0 Å². The summed E-state index contributed by atoms with van der Waals surface area (Å²) in [4.78, 5) is 19.0. The zero-order chi connectivity index (χ0) is 7.66. The quantitative estimate of drug-likeness (QED) is 0.316. The normalized spacial score (nSPS) is 10.0. The second-order valence-corrected chi connectivity index (χ2v) is 1.12. The van der Waals surface area contributed by atoms with Crippen molar-refractivity contribution in [1.29, 1.82) is 0 Å². The number of carbonyl (C=O) groups is 2. The van der Waals surface area contributed by atoms with Gasteiger partial charge in [0.05, 0.1) is 12.5 Å². The molecule has 0 aliphatic heterocycles. The Bertz CT molecular complexity index is 130. The van der Waals surface area contributed by atoms with Gasteiger partial charge >= 0.3 is 0 Å². The Morgan fingerprint density at radius 1 is 0.800 bits per heavy atom. The highest BCUT2D eigenvalue weighted by molar-refractivity contribution is 5.39. The Hall–Kier alpha value is -1.58. The van der Waals surface area contributed by atoms with Crippen LogP contribution in [-0.4, -0.2) is 12.9 Å². The van der Waals surface area contributed by atoms with Crippen molar-refractivity contribution in [2.75, 3.05) is 0 Å². The van der Waals surface area contributed by atoms with Gasteiger partial charge in [0.1, 0.15) is 0 Å². The summed E-state index contributed by atoms with van der Waals surface area (Å²) < 4.78 is 8.31. The van der Waals surface area contributed by atoms with Gasteiger partial charge in [-0.05, 0) is 12.2 Å². The van der Waals surface area contributed by atoms with Crippen LogP contribution >= 0.6 is 0 Å². The van der Waals surface area contributed by atoms with Crippen molar-refractivity contribution in [2.45, 2.75) is 0 Å². The number of hydrogen-bond acceptors (Lipinski definition) is 4. The van der Waals surface area contributed by atoms with Crippen molar-refractivity contribution < 1.29 is 19.1 Å². The fourth-order valence-electron chi connectivity index (χ4n) is 0.246. The number of hydrogen-bond donors (Lipinski definition) is 0. The third-order valence-corrected chi connectivity index (χ3v) is 0.536. The van der Waals surface area contributed by atoms with Crippen LogP contribution in [0.4, 0.5) is 0 Å². The molecule has 0 amide bonds. The maximum atomic E-state index is 9.51. The largest absolute Gasteiger partial charge is 0.437 e. The molecule has 0 radical (unpaired) electrons. The molecule has 0 saturated heterocycles. The smallest absolute Gasteiger partial charge is 0.297 e. The van der Waals surface area contributed by atoms with Gasteiger partial charge in [-0.2, -0.15) is 0 Å². The zero-order valence-corrected chi connectivity index (χ0v) is 5.10. The van der Waals surface area contributed by atoms with E-state index in [0.717, 1.165) is 12.5 Å². The minimum absolute atomic E-state index is 0.283. The van der Waals surface area contributed by atoms with Crippen LogP contribution in [0.3, 0.4) is 0 Å². The Kier molecular flexibility index (Phi) is 6.25. The standard InChI is InChI=1S/C6H6O4/c7-5-9-3-1-2-4-10-6-8/h1-6H/b3-1-,4-2-. The Morgan fingerprint density at radius 3 is 1.50 bits per heavy atom. The second kappa shape index (κ2) is 7.42. The van der Waals surface area contributed by atoms with E-state index in [1.54, 1.807) is 0 Å². The van der Waals surface area contributed by atoms with Gasteiger partial charge in [-0.25, -0.2) is 0 Å². The average Bonchev–Trinajstić information content (AvgIpc) is 1.97. The fourth-order valence-corrected chi connectivity index (χ4v) is 0.246. The summed E-state index contributed by atoms with van der Waals surface area (Å²) in [5.74, 6) is 0. The third-order valence-electron chi connectivity index (χ3n) is 0.536. The molecule has 0 aromatic heterocycles. The molecule has 4 heteroatoms.